The molecule has 1 heterocycles. The van der Waals surface area contributed by atoms with Crippen LogP contribution in [-0.4, -0.2) is 12.6 Å². The van der Waals surface area contributed by atoms with Crippen LogP contribution >= 0.6 is 0 Å². The van der Waals surface area contributed by atoms with Gasteiger partial charge in [0.2, 0.25) is 0 Å². The van der Waals surface area contributed by atoms with Crippen LogP contribution in [0.15, 0.2) is 0 Å². The summed E-state index contributed by atoms with van der Waals surface area (Å²) in [5.74, 6) is 1.90. The first-order valence-electron chi connectivity index (χ1n) is 10.4. The number of hydrogen-bond acceptors (Lipinski definition) is 1. The summed E-state index contributed by atoms with van der Waals surface area (Å²) in [6.45, 7) is 17.4. The lowest BCUT2D eigenvalue weighted by atomic mass is 9.66. The summed E-state index contributed by atoms with van der Waals surface area (Å²) in [5, 5.41) is 3.87. The minimum absolute atomic E-state index is 0.500. The third kappa shape index (κ3) is 8.57. The molecule has 0 aromatic rings. The highest BCUT2D eigenvalue weighted by Gasteiger charge is 2.38. The highest BCUT2D eigenvalue weighted by atomic mass is 14.9. The van der Waals surface area contributed by atoms with Crippen molar-refractivity contribution in [2.75, 3.05) is 6.54 Å². The Morgan fingerprint density at radius 2 is 1.52 bits per heavy atom. The van der Waals surface area contributed by atoms with Crippen LogP contribution in [0.1, 0.15) is 106 Å². The number of fused-ring (bicyclic) bond motifs is 1. The van der Waals surface area contributed by atoms with Crippen LogP contribution in [-0.2, 0) is 0 Å². The molecule has 0 bridgehead atoms. The molecule has 1 heteroatoms. The standard InChI is InChI=1S/C17H33N.C5H12/c1-4-5-8-11-17(2,3)15-12-14-9-6-7-10-16(14)18-13-15;1-5(2,3)4/h14-16,18H,4-13H2,1-3H3;1-4H3. The second-order valence-electron chi connectivity index (χ2n) is 10.4. The average molecular weight is 324 g/mol. The van der Waals surface area contributed by atoms with Gasteiger partial charge in [0.1, 0.15) is 0 Å². The van der Waals surface area contributed by atoms with E-state index in [1.807, 2.05) is 0 Å². The molecule has 1 saturated carbocycles. The fourth-order valence-corrected chi connectivity index (χ4v) is 4.13. The van der Waals surface area contributed by atoms with E-state index in [9.17, 15) is 0 Å². The monoisotopic (exact) mass is 323 g/mol. The van der Waals surface area contributed by atoms with Gasteiger partial charge in [-0.3, -0.25) is 0 Å². The first kappa shape index (κ1) is 21.0. The fourth-order valence-electron chi connectivity index (χ4n) is 4.13. The van der Waals surface area contributed by atoms with Crippen molar-refractivity contribution in [3.63, 3.8) is 0 Å². The topological polar surface area (TPSA) is 12.0 Å². The Hall–Kier alpha value is -0.0400. The van der Waals surface area contributed by atoms with E-state index in [2.05, 4.69) is 53.8 Å². The molecule has 2 aliphatic rings. The highest BCUT2D eigenvalue weighted by Crippen LogP contribution is 2.42. The van der Waals surface area contributed by atoms with Gasteiger partial charge in [-0.2, -0.15) is 0 Å². The normalized spacial score (nSPS) is 28.6. The summed E-state index contributed by atoms with van der Waals surface area (Å²) in [6.07, 6.45) is 13.0. The maximum Gasteiger partial charge on any atom is 0.00955 e. The molecule has 3 atom stereocenters. The van der Waals surface area contributed by atoms with Crippen molar-refractivity contribution in [3.8, 4) is 0 Å². The van der Waals surface area contributed by atoms with Gasteiger partial charge >= 0.3 is 0 Å². The first-order chi connectivity index (χ1) is 10.6. The Kier molecular flexibility index (Phi) is 8.63. The van der Waals surface area contributed by atoms with Crippen molar-refractivity contribution in [1.82, 2.24) is 5.32 Å². The Morgan fingerprint density at radius 3 is 2.13 bits per heavy atom. The van der Waals surface area contributed by atoms with Crippen molar-refractivity contribution in [2.24, 2.45) is 22.7 Å². The average Bonchev–Trinajstić information content (AvgIpc) is 2.45. The minimum atomic E-state index is 0.500. The van der Waals surface area contributed by atoms with Crippen LogP contribution in [0.25, 0.3) is 0 Å². The predicted molar refractivity (Wildman–Crippen MR) is 105 cm³/mol. The third-order valence-corrected chi connectivity index (χ3v) is 5.65. The van der Waals surface area contributed by atoms with Crippen LogP contribution in [0.5, 0.6) is 0 Å². The molecule has 1 aliphatic heterocycles. The fraction of sp³-hybridized carbons (Fsp3) is 1.00. The van der Waals surface area contributed by atoms with Crippen molar-refractivity contribution in [2.45, 2.75) is 112 Å². The van der Waals surface area contributed by atoms with Gasteiger partial charge in [0, 0.05) is 6.04 Å². The van der Waals surface area contributed by atoms with E-state index in [4.69, 9.17) is 0 Å². The summed E-state index contributed by atoms with van der Waals surface area (Å²) >= 11 is 0. The number of hydrogen-bond donors (Lipinski definition) is 1. The number of unbranched alkanes of at least 4 members (excludes halogenated alkanes) is 2. The minimum Gasteiger partial charge on any atom is -0.313 e. The van der Waals surface area contributed by atoms with E-state index >= 15 is 0 Å². The molecule has 138 valence electrons. The first-order valence-corrected chi connectivity index (χ1v) is 10.4. The van der Waals surface area contributed by atoms with E-state index in [-0.39, 0.29) is 0 Å². The van der Waals surface area contributed by atoms with Crippen molar-refractivity contribution in [1.29, 1.82) is 0 Å². The van der Waals surface area contributed by atoms with Gasteiger partial charge in [-0.05, 0) is 54.9 Å². The molecular weight excluding hydrogens is 278 g/mol. The lowest BCUT2D eigenvalue weighted by Crippen LogP contribution is -2.50. The van der Waals surface area contributed by atoms with Gasteiger partial charge < -0.3 is 5.32 Å². The lowest BCUT2D eigenvalue weighted by molar-refractivity contribution is 0.0814. The predicted octanol–water partition coefficient (Wildman–Crippen LogP) is 6.81. The molecule has 0 aromatic carbocycles. The second kappa shape index (κ2) is 9.44. The Balaban J connectivity index is 0.000000463. The molecule has 1 saturated heterocycles. The van der Waals surface area contributed by atoms with Crippen molar-refractivity contribution in [3.05, 3.63) is 0 Å². The van der Waals surface area contributed by atoms with E-state index in [0.29, 0.717) is 10.8 Å². The van der Waals surface area contributed by atoms with Crippen molar-refractivity contribution >= 4 is 0 Å². The van der Waals surface area contributed by atoms with Crippen LogP contribution in [0.4, 0.5) is 0 Å². The van der Waals surface area contributed by atoms with Gasteiger partial charge in [-0.1, -0.05) is 80.6 Å². The summed E-state index contributed by atoms with van der Waals surface area (Å²) < 4.78 is 0. The molecule has 1 aliphatic carbocycles. The molecule has 0 amide bonds. The molecule has 23 heavy (non-hydrogen) atoms. The van der Waals surface area contributed by atoms with E-state index < -0.39 is 0 Å². The molecule has 1 N–H and O–H groups in total. The number of nitrogens with one attached hydrogen (secondary N) is 1. The van der Waals surface area contributed by atoms with Crippen LogP contribution in [0, 0.1) is 22.7 Å². The zero-order valence-electron chi connectivity index (χ0n) is 17.3. The molecule has 0 aromatic heterocycles. The highest BCUT2D eigenvalue weighted by molar-refractivity contribution is 4.92. The quantitative estimate of drug-likeness (QED) is 0.548. The summed E-state index contributed by atoms with van der Waals surface area (Å²) in [7, 11) is 0. The van der Waals surface area contributed by atoms with Crippen LogP contribution in [0.3, 0.4) is 0 Å². The van der Waals surface area contributed by atoms with Crippen LogP contribution in [0.2, 0.25) is 0 Å². The Bertz CT molecular complexity index is 306. The maximum absolute atomic E-state index is 3.87. The molecule has 2 rings (SSSR count). The molecule has 0 radical (unpaired) electrons. The van der Waals surface area contributed by atoms with Crippen LogP contribution < -0.4 is 5.32 Å². The molecule has 0 spiro atoms. The summed E-state index contributed by atoms with van der Waals surface area (Å²) in [5.41, 5.74) is 1.05. The lowest BCUT2D eigenvalue weighted by Gasteiger charge is -2.46. The van der Waals surface area contributed by atoms with E-state index in [0.717, 1.165) is 17.9 Å². The number of piperidine rings is 1. The zero-order valence-corrected chi connectivity index (χ0v) is 17.3. The summed E-state index contributed by atoms with van der Waals surface area (Å²) in [4.78, 5) is 0. The second-order valence-corrected chi connectivity index (χ2v) is 10.4. The molecule has 3 unspecified atom stereocenters. The zero-order chi connectivity index (χ0) is 17.5. The molecule has 1 nitrogen and oxygen atoms in total. The van der Waals surface area contributed by atoms with Gasteiger partial charge in [-0.25, -0.2) is 0 Å². The third-order valence-electron chi connectivity index (χ3n) is 5.65. The van der Waals surface area contributed by atoms with Gasteiger partial charge in [-0.15, -0.1) is 0 Å². The Labute approximate surface area is 147 Å². The smallest absolute Gasteiger partial charge is 0.00955 e. The van der Waals surface area contributed by atoms with Gasteiger partial charge in [0.05, 0.1) is 0 Å². The summed E-state index contributed by atoms with van der Waals surface area (Å²) in [6, 6.07) is 0.862. The number of rotatable bonds is 5. The van der Waals surface area contributed by atoms with E-state index in [1.54, 1.807) is 0 Å². The van der Waals surface area contributed by atoms with Gasteiger partial charge in [0.15, 0.2) is 0 Å². The Morgan fingerprint density at radius 1 is 0.913 bits per heavy atom. The SMILES string of the molecule is CC(C)(C)C.CCCCCC(C)(C)C1CNC2CCCCC2C1. The molecule has 2 fully saturated rings. The maximum atomic E-state index is 3.87. The largest absolute Gasteiger partial charge is 0.313 e. The van der Waals surface area contributed by atoms with Crippen molar-refractivity contribution < 1.29 is 0 Å². The van der Waals surface area contributed by atoms with Gasteiger partial charge in [0.25, 0.3) is 0 Å². The molecular formula is C22H45N. The van der Waals surface area contributed by atoms with E-state index in [1.165, 1.54) is 64.3 Å².